The zero-order chi connectivity index (χ0) is 19.3. The largest absolute Gasteiger partial charge is 0.467 e. The van der Waals surface area contributed by atoms with Gasteiger partial charge in [-0.3, -0.25) is 13.8 Å². The van der Waals surface area contributed by atoms with Crippen LogP contribution in [0.5, 0.6) is 0 Å². The Morgan fingerprint density at radius 3 is 2.54 bits per heavy atom. The van der Waals surface area contributed by atoms with Crippen molar-refractivity contribution in [2.75, 3.05) is 7.11 Å². The van der Waals surface area contributed by atoms with Gasteiger partial charge in [0.25, 0.3) is 5.56 Å². The number of hydrogen-bond acceptors (Lipinski definition) is 5. The van der Waals surface area contributed by atoms with Gasteiger partial charge in [-0.1, -0.05) is 6.08 Å². The number of methoxy groups -OCH3 is 1. The van der Waals surface area contributed by atoms with Crippen LogP contribution in [0.1, 0.15) is 24.4 Å². The maximum atomic E-state index is 13.1. The first-order valence-corrected chi connectivity index (χ1v) is 8.14. The molecule has 0 aliphatic carbocycles. The lowest BCUT2D eigenvalue weighted by atomic mass is 10.3. The van der Waals surface area contributed by atoms with Gasteiger partial charge in [-0.05, 0) is 20.8 Å². The molecule has 0 aromatic carbocycles. The van der Waals surface area contributed by atoms with Crippen LogP contribution in [-0.4, -0.2) is 36.2 Å². The quantitative estimate of drug-likeness (QED) is 0.505. The summed E-state index contributed by atoms with van der Waals surface area (Å²) in [6.07, 6.45) is 1.74. The number of ether oxygens (including phenoxy) is 1. The predicted molar refractivity (Wildman–Crippen MR) is 96.6 cm³/mol. The average Bonchev–Trinajstić information content (AvgIpc) is 3.11. The van der Waals surface area contributed by atoms with Crippen LogP contribution in [-0.2, 0) is 23.1 Å². The van der Waals surface area contributed by atoms with Crippen molar-refractivity contribution >= 4 is 22.9 Å². The molecule has 0 saturated carbocycles. The van der Waals surface area contributed by atoms with Crippen LogP contribution in [0, 0.1) is 13.8 Å². The molecule has 0 amide bonds. The first-order chi connectivity index (χ1) is 12.3. The SMILES string of the molecule is C=CCn1c(C)c(C)n2c3c(=O)n([C@@H](C)C(=O)OC)c(=O)n(C)c3nc12. The summed E-state index contributed by atoms with van der Waals surface area (Å²) >= 11 is 0. The summed E-state index contributed by atoms with van der Waals surface area (Å²) in [4.78, 5) is 42.2. The van der Waals surface area contributed by atoms with Crippen molar-refractivity contribution in [2.45, 2.75) is 33.4 Å². The molecule has 3 rings (SSSR count). The Labute approximate surface area is 148 Å². The van der Waals surface area contributed by atoms with Crippen LogP contribution in [0.2, 0.25) is 0 Å². The minimum atomic E-state index is -1.04. The number of hydrogen-bond donors (Lipinski definition) is 0. The molecule has 138 valence electrons. The highest BCUT2D eigenvalue weighted by Crippen LogP contribution is 2.21. The van der Waals surface area contributed by atoms with Gasteiger partial charge < -0.3 is 9.30 Å². The number of rotatable bonds is 4. The summed E-state index contributed by atoms with van der Waals surface area (Å²) in [5, 5.41) is 0. The van der Waals surface area contributed by atoms with Crippen LogP contribution in [0.15, 0.2) is 22.2 Å². The van der Waals surface area contributed by atoms with E-state index in [4.69, 9.17) is 4.74 Å². The van der Waals surface area contributed by atoms with Crippen LogP contribution in [0.4, 0.5) is 0 Å². The highest BCUT2D eigenvalue weighted by Gasteiger charge is 2.26. The molecule has 0 fully saturated rings. The molecule has 26 heavy (non-hydrogen) atoms. The number of carbonyl (C=O) groups excluding carboxylic acids is 1. The predicted octanol–water partition coefficient (Wildman–Crippen LogP) is 0.686. The molecule has 0 unspecified atom stereocenters. The second-order valence-electron chi connectivity index (χ2n) is 6.21. The lowest BCUT2D eigenvalue weighted by Gasteiger charge is -2.13. The minimum absolute atomic E-state index is 0.251. The zero-order valence-corrected chi connectivity index (χ0v) is 15.4. The van der Waals surface area contributed by atoms with Crippen LogP contribution in [0.3, 0.4) is 0 Å². The molecule has 0 aliphatic heterocycles. The van der Waals surface area contributed by atoms with E-state index in [2.05, 4.69) is 11.6 Å². The maximum absolute atomic E-state index is 13.1. The summed E-state index contributed by atoms with van der Waals surface area (Å²) in [5.74, 6) is -0.119. The summed E-state index contributed by atoms with van der Waals surface area (Å²) < 4.78 is 10.5. The van der Waals surface area contributed by atoms with Crippen LogP contribution < -0.4 is 11.2 Å². The van der Waals surface area contributed by atoms with Crippen molar-refractivity contribution in [3.63, 3.8) is 0 Å². The van der Waals surface area contributed by atoms with E-state index in [0.717, 1.165) is 16.0 Å². The van der Waals surface area contributed by atoms with Crippen molar-refractivity contribution in [2.24, 2.45) is 7.05 Å². The summed E-state index contributed by atoms with van der Waals surface area (Å²) in [5.41, 5.74) is 1.09. The number of imidazole rings is 2. The highest BCUT2D eigenvalue weighted by molar-refractivity contribution is 5.78. The van der Waals surface area contributed by atoms with Gasteiger partial charge in [0.1, 0.15) is 6.04 Å². The monoisotopic (exact) mass is 359 g/mol. The van der Waals surface area contributed by atoms with Crippen LogP contribution >= 0.6 is 0 Å². The third-order valence-corrected chi connectivity index (χ3v) is 4.82. The number of fused-ring (bicyclic) bond motifs is 3. The zero-order valence-electron chi connectivity index (χ0n) is 15.4. The van der Waals surface area contributed by atoms with Gasteiger partial charge in [-0.15, -0.1) is 6.58 Å². The first kappa shape index (κ1) is 17.7. The number of allylic oxidation sites excluding steroid dienone is 1. The van der Waals surface area contributed by atoms with E-state index in [-0.39, 0.29) is 11.2 Å². The van der Waals surface area contributed by atoms with Crippen molar-refractivity contribution in [1.82, 2.24) is 23.1 Å². The summed E-state index contributed by atoms with van der Waals surface area (Å²) in [7, 11) is 2.74. The van der Waals surface area contributed by atoms with Gasteiger partial charge >= 0.3 is 11.7 Å². The Morgan fingerprint density at radius 2 is 1.96 bits per heavy atom. The molecule has 9 heteroatoms. The second-order valence-corrected chi connectivity index (χ2v) is 6.21. The van der Waals surface area contributed by atoms with Crippen molar-refractivity contribution in [1.29, 1.82) is 0 Å². The molecule has 0 radical (unpaired) electrons. The average molecular weight is 359 g/mol. The Kier molecular flexibility index (Phi) is 4.09. The van der Waals surface area contributed by atoms with Gasteiger partial charge in [0, 0.05) is 25.0 Å². The lowest BCUT2D eigenvalue weighted by Crippen LogP contribution is -2.43. The molecule has 0 saturated heterocycles. The molecule has 0 N–H and O–H groups in total. The van der Waals surface area contributed by atoms with E-state index >= 15 is 0 Å². The van der Waals surface area contributed by atoms with Gasteiger partial charge in [0.15, 0.2) is 11.2 Å². The minimum Gasteiger partial charge on any atom is -0.467 e. The normalized spacial score (nSPS) is 12.7. The molecular weight excluding hydrogens is 338 g/mol. The topological polar surface area (TPSA) is 92.5 Å². The number of esters is 1. The molecule has 3 aromatic rings. The van der Waals surface area contributed by atoms with Crippen molar-refractivity contribution < 1.29 is 9.53 Å². The third-order valence-electron chi connectivity index (χ3n) is 4.82. The number of aryl methyl sites for hydroxylation is 2. The number of aromatic nitrogens is 5. The lowest BCUT2D eigenvalue weighted by molar-refractivity contribution is -0.144. The van der Waals surface area contributed by atoms with E-state index < -0.39 is 23.3 Å². The summed E-state index contributed by atoms with van der Waals surface area (Å²) in [6.45, 7) is 9.54. The fraction of sp³-hybridized carbons (Fsp3) is 0.412. The first-order valence-electron chi connectivity index (χ1n) is 8.14. The molecule has 0 bridgehead atoms. The molecular formula is C17H21N5O4. The van der Waals surface area contributed by atoms with Gasteiger partial charge in [-0.2, -0.15) is 4.98 Å². The Hall–Kier alpha value is -3.10. The van der Waals surface area contributed by atoms with E-state index in [0.29, 0.717) is 12.3 Å². The van der Waals surface area contributed by atoms with Crippen molar-refractivity contribution in [3.05, 3.63) is 44.9 Å². The van der Waals surface area contributed by atoms with E-state index in [1.807, 2.05) is 18.4 Å². The van der Waals surface area contributed by atoms with Gasteiger partial charge in [-0.25, -0.2) is 14.2 Å². The molecule has 0 spiro atoms. The number of carbonyl (C=O) groups is 1. The fourth-order valence-corrected chi connectivity index (χ4v) is 3.25. The molecule has 0 aliphatic rings. The fourth-order valence-electron chi connectivity index (χ4n) is 3.25. The standard InChI is InChI=1S/C17H21N5O4/c1-7-8-20-9(2)10(3)21-12-13(18-16(20)21)19(5)17(25)22(14(12)23)11(4)15(24)26-6/h7,11H,1,8H2,2-6H3/t11-/m0/s1. The third kappa shape index (κ3) is 2.16. The summed E-state index contributed by atoms with van der Waals surface area (Å²) in [6, 6.07) is -1.04. The molecule has 1 atom stereocenters. The Balaban J connectivity index is 2.53. The Bertz CT molecular complexity index is 1170. The van der Waals surface area contributed by atoms with Crippen molar-refractivity contribution in [3.8, 4) is 0 Å². The van der Waals surface area contributed by atoms with E-state index in [9.17, 15) is 14.4 Å². The maximum Gasteiger partial charge on any atom is 0.333 e. The van der Waals surface area contributed by atoms with Gasteiger partial charge in [0.05, 0.1) is 7.11 Å². The van der Waals surface area contributed by atoms with Crippen LogP contribution in [0.25, 0.3) is 16.9 Å². The van der Waals surface area contributed by atoms with Gasteiger partial charge in [0.2, 0.25) is 5.78 Å². The molecule has 9 nitrogen and oxygen atoms in total. The smallest absolute Gasteiger partial charge is 0.333 e. The molecule has 3 aromatic heterocycles. The number of nitrogens with zero attached hydrogens (tertiary/aromatic N) is 5. The van der Waals surface area contributed by atoms with E-state index in [1.54, 1.807) is 10.5 Å². The van der Waals surface area contributed by atoms with E-state index in [1.165, 1.54) is 25.6 Å². The molecule has 3 heterocycles. The highest BCUT2D eigenvalue weighted by atomic mass is 16.5. The second kappa shape index (κ2) is 6.01. The Morgan fingerprint density at radius 1 is 1.31 bits per heavy atom.